The molecule has 2 N–H and O–H groups in total. The van der Waals surface area contributed by atoms with Gasteiger partial charge in [-0.2, -0.15) is 0 Å². The van der Waals surface area contributed by atoms with E-state index in [2.05, 4.69) is 10.9 Å². The van der Waals surface area contributed by atoms with Crippen LogP contribution >= 0.6 is 0 Å². The van der Waals surface area contributed by atoms with Crippen molar-refractivity contribution in [2.75, 3.05) is 25.1 Å². The van der Waals surface area contributed by atoms with Gasteiger partial charge in [-0.15, -0.1) is 0 Å². The van der Waals surface area contributed by atoms with Crippen LogP contribution in [0.4, 0.5) is 5.69 Å². The van der Waals surface area contributed by atoms with E-state index in [0.717, 1.165) is 4.31 Å². The minimum Gasteiger partial charge on any atom is -0.497 e. The Morgan fingerprint density at radius 2 is 1.45 bits per heavy atom. The zero-order valence-corrected chi connectivity index (χ0v) is 18.8. The molecule has 3 rings (SSSR count). The highest BCUT2D eigenvalue weighted by molar-refractivity contribution is 7.92. The number of para-hydroxylation sites is 1. The Hall–Kier alpha value is -4.05. The molecule has 0 saturated carbocycles. The highest BCUT2D eigenvalue weighted by Gasteiger charge is 2.21. The fourth-order valence-corrected chi connectivity index (χ4v) is 3.96. The van der Waals surface area contributed by atoms with Gasteiger partial charge in [-0.25, -0.2) is 8.42 Å². The van der Waals surface area contributed by atoms with Crippen molar-refractivity contribution in [1.29, 1.82) is 0 Å². The summed E-state index contributed by atoms with van der Waals surface area (Å²) < 4.78 is 37.1. The molecular formula is C23H23N3O6S. The maximum atomic E-state index is 12.8. The predicted octanol–water partition coefficient (Wildman–Crippen LogP) is 2.36. The van der Waals surface area contributed by atoms with E-state index >= 15 is 0 Å². The highest BCUT2D eigenvalue weighted by Crippen LogP contribution is 2.22. The molecule has 0 aliphatic rings. The summed E-state index contributed by atoms with van der Waals surface area (Å²) in [5.74, 6) is -0.0462. The van der Waals surface area contributed by atoms with E-state index < -0.39 is 21.8 Å². The number of rotatable bonds is 8. The molecule has 0 heterocycles. The summed E-state index contributed by atoms with van der Waals surface area (Å²) in [6.07, 6.45) is 0. The topological polar surface area (TPSA) is 114 Å². The molecule has 0 radical (unpaired) electrons. The molecule has 0 aliphatic carbocycles. The Labute approximate surface area is 192 Å². The van der Waals surface area contributed by atoms with Crippen LogP contribution in [0.1, 0.15) is 10.4 Å². The van der Waals surface area contributed by atoms with Crippen LogP contribution in [0.3, 0.4) is 0 Å². The van der Waals surface area contributed by atoms with Crippen LogP contribution in [-0.2, 0) is 14.8 Å². The average molecular weight is 470 g/mol. The van der Waals surface area contributed by atoms with Gasteiger partial charge < -0.3 is 9.47 Å². The lowest BCUT2D eigenvalue weighted by molar-refractivity contribution is -0.123. The van der Waals surface area contributed by atoms with Crippen LogP contribution in [0.2, 0.25) is 0 Å². The summed E-state index contributed by atoms with van der Waals surface area (Å²) in [5, 5.41) is 0. The number of benzene rings is 3. The van der Waals surface area contributed by atoms with E-state index in [1.807, 2.05) is 0 Å². The van der Waals surface area contributed by atoms with Gasteiger partial charge in [0.25, 0.3) is 21.8 Å². The second-order valence-electron chi connectivity index (χ2n) is 6.80. The third-order valence-electron chi connectivity index (χ3n) is 4.64. The lowest BCUT2D eigenvalue weighted by Crippen LogP contribution is -2.43. The number of carbonyl (C=O) groups excluding carboxylic acids is 2. The molecule has 9 nitrogen and oxygen atoms in total. The van der Waals surface area contributed by atoms with E-state index in [9.17, 15) is 18.0 Å². The zero-order chi connectivity index (χ0) is 23.8. The maximum absolute atomic E-state index is 12.8. The Kier molecular flexibility index (Phi) is 7.52. The number of nitrogens with one attached hydrogen (secondary N) is 2. The number of amides is 2. The first kappa shape index (κ1) is 23.6. The number of methoxy groups -OCH3 is 1. The number of carbonyl (C=O) groups is 2. The van der Waals surface area contributed by atoms with Crippen molar-refractivity contribution < 1.29 is 27.5 Å². The Morgan fingerprint density at radius 3 is 2.06 bits per heavy atom. The molecule has 2 amide bonds. The second kappa shape index (κ2) is 10.5. The van der Waals surface area contributed by atoms with Crippen molar-refractivity contribution >= 4 is 27.5 Å². The number of anilines is 1. The molecular weight excluding hydrogens is 446 g/mol. The number of ether oxygens (including phenoxy) is 2. The van der Waals surface area contributed by atoms with Crippen molar-refractivity contribution in [3.05, 3.63) is 84.4 Å². The molecule has 33 heavy (non-hydrogen) atoms. The quantitative estimate of drug-likeness (QED) is 0.490. The molecule has 0 aromatic heterocycles. The van der Waals surface area contributed by atoms with Crippen LogP contribution in [0, 0.1) is 0 Å². The fraction of sp³-hybridized carbons (Fsp3) is 0.130. The normalized spacial score (nSPS) is 10.7. The summed E-state index contributed by atoms with van der Waals surface area (Å²) >= 11 is 0. The van der Waals surface area contributed by atoms with Gasteiger partial charge in [0.05, 0.1) is 17.7 Å². The second-order valence-corrected chi connectivity index (χ2v) is 8.77. The molecule has 3 aromatic rings. The molecule has 0 aliphatic heterocycles. The predicted molar refractivity (Wildman–Crippen MR) is 123 cm³/mol. The van der Waals surface area contributed by atoms with Crippen molar-refractivity contribution in [1.82, 2.24) is 10.9 Å². The van der Waals surface area contributed by atoms with Crippen molar-refractivity contribution in [2.45, 2.75) is 4.90 Å². The minimum absolute atomic E-state index is 0.0299. The lowest BCUT2D eigenvalue weighted by atomic mass is 10.2. The first-order chi connectivity index (χ1) is 15.8. The van der Waals surface area contributed by atoms with Gasteiger partial charge >= 0.3 is 0 Å². The van der Waals surface area contributed by atoms with Gasteiger partial charge in [-0.3, -0.25) is 24.7 Å². The molecule has 0 fully saturated rings. The molecule has 0 bridgehead atoms. The molecule has 0 spiro atoms. The Morgan fingerprint density at radius 1 is 0.848 bits per heavy atom. The van der Waals surface area contributed by atoms with E-state index in [4.69, 9.17) is 9.47 Å². The van der Waals surface area contributed by atoms with Gasteiger partial charge in [0, 0.05) is 12.6 Å². The van der Waals surface area contributed by atoms with E-state index in [-0.39, 0.29) is 17.1 Å². The average Bonchev–Trinajstić information content (AvgIpc) is 2.86. The van der Waals surface area contributed by atoms with Gasteiger partial charge in [-0.05, 0) is 60.7 Å². The fourth-order valence-electron chi connectivity index (χ4n) is 2.77. The largest absolute Gasteiger partial charge is 0.497 e. The maximum Gasteiger partial charge on any atom is 0.276 e. The van der Waals surface area contributed by atoms with Gasteiger partial charge in [0.1, 0.15) is 11.5 Å². The summed E-state index contributed by atoms with van der Waals surface area (Å²) in [5.41, 5.74) is 5.19. The van der Waals surface area contributed by atoms with Crippen molar-refractivity contribution in [3.8, 4) is 11.5 Å². The third-order valence-corrected chi connectivity index (χ3v) is 6.44. The number of hydrogen-bond donors (Lipinski definition) is 2. The standard InChI is InChI=1S/C23H23N3O6S/c1-26(18-6-4-3-5-7-18)33(29,30)21-14-8-17(9-15-21)23(28)25-24-22(27)16-32-20-12-10-19(31-2)11-13-20/h3-15H,16H2,1-2H3,(H,24,27)(H,25,28). The summed E-state index contributed by atoms with van der Waals surface area (Å²) in [4.78, 5) is 24.2. The number of hydrogen-bond acceptors (Lipinski definition) is 6. The van der Waals surface area contributed by atoms with Crippen LogP contribution in [-0.4, -0.2) is 41.0 Å². The number of sulfonamides is 1. The lowest BCUT2D eigenvalue weighted by Gasteiger charge is -2.19. The molecule has 0 saturated heterocycles. The Balaban J connectivity index is 1.53. The number of hydrazine groups is 1. The summed E-state index contributed by atoms with van der Waals surface area (Å²) in [7, 11) is -0.794. The molecule has 0 atom stereocenters. The van der Waals surface area contributed by atoms with E-state index in [1.54, 1.807) is 61.7 Å². The third kappa shape index (κ3) is 6.01. The van der Waals surface area contributed by atoms with Crippen LogP contribution < -0.4 is 24.6 Å². The summed E-state index contributed by atoms with van der Waals surface area (Å²) in [6, 6.07) is 20.7. The Bertz CT molecular complexity index is 1200. The SMILES string of the molecule is COc1ccc(OCC(=O)NNC(=O)c2ccc(S(=O)(=O)N(C)c3ccccc3)cc2)cc1. The summed E-state index contributed by atoms with van der Waals surface area (Å²) in [6.45, 7) is -0.310. The van der Waals surface area contributed by atoms with Crippen LogP contribution in [0.15, 0.2) is 83.8 Å². The van der Waals surface area contributed by atoms with Crippen LogP contribution in [0.5, 0.6) is 11.5 Å². The van der Waals surface area contributed by atoms with Gasteiger partial charge in [0.15, 0.2) is 6.61 Å². The molecule has 10 heteroatoms. The van der Waals surface area contributed by atoms with Crippen molar-refractivity contribution in [2.24, 2.45) is 0 Å². The van der Waals surface area contributed by atoms with Gasteiger partial charge in [-0.1, -0.05) is 18.2 Å². The monoisotopic (exact) mass is 469 g/mol. The van der Waals surface area contributed by atoms with Crippen LogP contribution in [0.25, 0.3) is 0 Å². The first-order valence-corrected chi connectivity index (χ1v) is 11.3. The van der Waals surface area contributed by atoms with E-state index in [0.29, 0.717) is 17.2 Å². The molecule has 3 aromatic carbocycles. The van der Waals surface area contributed by atoms with E-state index in [1.165, 1.54) is 31.3 Å². The van der Waals surface area contributed by atoms with Crippen molar-refractivity contribution in [3.63, 3.8) is 0 Å². The van der Waals surface area contributed by atoms with Gasteiger partial charge in [0.2, 0.25) is 0 Å². The molecule has 172 valence electrons. The number of nitrogens with zero attached hydrogens (tertiary/aromatic N) is 1. The smallest absolute Gasteiger partial charge is 0.276 e. The minimum atomic E-state index is -3.79. The highest BCUT2D eigenvalue weighted by atomic mass is 32.2. The molecule has 0 unspecified atom stereocenters. The zero-order valence-electron chi connectivity index (χ0n) is 18.0. The first-order valence-electron chi connectivity index (χ1n) is 9.81.